The van der Waals surface area contributed by atoms with Crippen LogP contribution in [0.15, 0.2) is 47.6 Å². The van der Waals surface area contributed by atoms with E-state index in [4.69, 9.17) is 6.42 Å². The molecule has 0 saturated heterocycles. The van der Waals surface area contributed by atoms with Crippen molar-refractivity contribution >= 4 is 5.71 Å². The molecule has 17 heavy (non-hydrogen) atoms. The number of allylic oxidation sites excluding steroid dienone is 3. The standard InChI is InChI=1S/C16H17N/c1-6-8-16(17-12(3)4)15-10-9-13(5)14(7-2)11-15/h2,6,8-11H,3H2,1,4-5H3/b8-6-,17-16?. The van der Waals surface area contributed by atoms with Crippen molar-refractivity contribution in [2.45, 2.75) is 20.8 Å². The summed E-state index contributed by atoms with van der Waals surface area (Å²) >= 11 is 0. The highest BCUT2D eigenvalue weighted by molar-refractivity contribution is 6.09. The van der Waals surface area contributed by atoms with E-state index in [9.17, 15) is 0 Å². The van der Waals surface area contributed by atoms with Crippen molar-refractivity contribution < 1.29 is 0 Å². The molecule has 0 fully saturated rings. The average molecular weight is 223 g/mol. The minimum absolute atomic E-state index is 0.779. The molecule has 86 valence electrons. The van der Waals surface area contributed by atoms with Crippen LogP contribution >= 0.6 is 0 Å². The van der Waals surface area contributed by atoms with Crippen molar-refractivity contribution in [3.63, 3.8) is 0 Å². The first-order chi connectivity index (χ1) is 8.08. The van der Waals surface area contributed by atoms with Gasteiger partial charge in [-0.25, -0.2) is 0 Å². The minimum atomic E-state index is 0.779. The minimum Gasteiger partial charge on any atom is -0.254 e. The molecule has 1 aromatic carbocycles. The highest BCUT2D eigenvalue weighted by Crippen LogP contribution is 2.12. The van der Waals surface area contributed by atoms with E-state index in [-0.39, 0.29) is 0 Å². The molecule has 0 saturated carbocycles. The van der Waals surface area contributed by atoms with Gasteiger partial charge in [-0.1, -0.05) is 30.7 Å². The third-order valence-electron chi connectivity index (χ3n) is 2.32. The number of aliphatic imine (C=N–C) groups is 1. The molecule has 0 aliphatic heterocycles. The zero-order chi connectivity index (χ0) is 12.8. The van der Waals surface area contributed by atoms with Crippen LogP contribution < -0.4 is 0 Å². The van der Waals surface area contributed by atoms with E-state index in [1.165, 1.54) is 0 Å². The Morgan fingerprint density at radius 3 is 2.71 bits per heavy atom. The molecule has 0 amide bonds. The van der Waals surface area contributed by atoms with E-state index in [0.717, 1.165) is 28.1 Å². The van der Waals surface area contributed by atoms with Crippen molar-refractivity contribution in [2.75, 3.05) is 0 Å². The van der Waals surface area contributed by atoms with E-state index in [2.05, 4.69) is 17.5 Å². The second-order valence-corrected chi connectivity index (χ2v) is 3.91. The lowest BCUT2D eigenvalue weighted by molar-refractivity contribution is 1.32. The Kier molecular flexibility index (Phi) is 4.48. The first kappa shape index (κ1) is 13.0. The van der Waals surface area contributed by atoms with Gasteiger partial charge in [0.1, 0.15) is 0 Å². The summed E-state index contributed by atoms with van der Waals surface area (Å²) in [5, 5.41) is 0. The fraction of sp³-hybridized carbons (Fsp3) is 0.188. The van der Waals surface area contributed by atoms with Crippen molar-refractivity contribution in [3.05, 3.63) is 59.3 Å². The Balaban J connectivity index is 3.30. The number of hydrogen-bond donors (Lipinski definition) is 0. The van der Waals surface area contributed by atoms with Crippen LogP contribution in [0.5, 0.6) is 0 Å². The summed E-state index contributed by atoms with van der Waals surface area (Å²) in [5.41, 5.74) is 4.69. The fourth-order valence-corrected chi connectivity index (χ4v) is 1.50. The van der Waals surface area contributed by atoms with Gasteiger partial charge < -0.3 is 0 Å². The highest BCUT2D eigenvalue weighted by Gasteiger charge is 2.02. The number of terminal acetylenes is 1. The molecule has 1 nitrogen and oxygen atoms in total. The maximum absolute atomic E-state index is 5.47. The maximum atomic E-state index is 5.47. The van der Waals surface area contributed by atoms with Gasteiger partial charge in [-0.15, -0.1) is 6.42 Å². The normalized spacial score (nSPS) is 11.5. The number of hydrogen-bond acceptors (Lipinski definition) is 1. The van der Waals surface area contributed by atoms with Crippen molar-refractivity contribution in [1.82, 2.24) is 0 Å². The van der Waals surface area contributed by atoms with Gasteiger partial charge >= 0.3 is 0 Å². The molecule has 1 rings (SSSR count). The Labute approximate surface area is 104 Å². The Bertz CT molecular complexity index is 525. The van der Waals surface area contributed by atoms with Crippen LogP contribution in [0.2, 0.25) is 0 Å². The Hall–Kier alpha value is -2.07. The highest BCUT2D eigenvalue weighted by atomic mass is 14.7. The smallest absolute Gasteiger partial charge is 0.0702 e. The summed E-state index contributed by atoms with van der Waals surface area (Å²) in [6, 6.07) is 6.02. The molecule has 0 N–H and O–H groups in total. The zero-order valence-electron chi connectivity index (χ0n) is 10.6. The van der Waals surface area contributed by atoms with E-state index in [1.54, 1.807) is 0 Å². The molecule has 1 heteroatoms. The van der Waals surface area contributed by atoms with Crippen molar-refractivity contribution in [2.24, 2.45) is 4.99 Å². The predicted octanol–water partition coefficient (Wildman–Crippen LogP) is 3.88. The zero-order valence-corrected chi connectivity index (χ0v) is 10.6. The fourth-order valence-electron chi connectivity index (χ4n) is 1.50. The maximum Gasteiger partial charge on any atom is 0.0702 e. The van der Waals surface area contributed by atoms with Crippen LogP contribution in [0, 0.1) is 19.3 Å². The van der Waals surface area contributed by atoms with Gasteiger partial charge in [0, 0.05) is 16.8 Å². The van der Waals surface area contributed by atoms with Gasteiger partial charge in [-0.3, -0.25) is 4.99 Å². The molecule has 0 spiro atoms. The molecule has 0 aliphatic carbocycles. The van der Waals surface area contributed by atoms with Crippen LogP contribution in [-0.2, 0) is 0 Å². The third kappa shape index (κ3) is 3.46. The van der Waals surface area contributed by atoms with Crippen molar-refractivity contribution in [1.29, 1.82) is 0 Å². The van der Waals surface area contributed by atoms with Crippen LogP contribution in [0.3, 0.4) is 0 Å². The predicted molar refractivity (Wildman–Crippen MR) is 75.3 cm³/mol. The van der Waals surface area contributed by atoms with Crippen molar-refractivity contribution in [3.8, 4) is 12.3 Å². The summed E-state index contributed by atoms with van der Waals surface area (Å²) in [7, 11) is 0. The monoisotopic (exact) mass is 223 g/mol. The van der Waals surface area contributed by atoms with E-state index >= 15 is 0 Å². The number of benzene rings is 1. The average Bonchev–Trinajstić information content (AvgIpc) is 2.28. The SMILES string of the molecule is C#Cc1cc(C(/C=C\C)=NC(=C)C)ccc1C. The molecule has 1 aromatic rings. The van der Waals surface area contributed by atoms with E-state index in [1.807, 2.05) is 51.1 Å². The summed E-state index contributed by atoms with van der Waals surface area (Å²) in [4.78, 5) is 4.41. The lowest BCUT2D eigenvalue weighted by Crippen LogP contribution is -1.98. The van der Waals surface area contributed by atoms with Crippen LogP contribution in [0.4, 0.5) is 0 Å². The summed E-state index contributed by atoms with van der Waals surface area (Å²) in [5.74, 6) is 2.68. The molecule has 0 aliphatic rings. The molecule has 0 aromatic heterocycles. The quantitative estimate of drug-likeness (QED) is 0.545. The molecule has 0 radical (unpaired) electrons. The van der Waals surface area contributed by atoms with E-state index in [0.29, 0.717) is 0 Å². The van der Waals surface area contributed by atoms with Gasteiger partial charge in [0.15, 0.2) is 0 Å². The largest absolute Gasteiger partial charge is 0.254 e. The van der Waals surface area contributed by atoms with Gasteiger partial charge in [-0.2, -0.15) is 0 Å². The van der Waals surface area contributed by atoms with Crippen LogP contribution in [0.25, 0.3) is 0 Å². The second-order valence-electron chi connectivity index (χ2n) is 3.91. The lowest BCUT2D eigenvalue weighted by Gasteiger charge is -2.05. The lowest BCUT2D eigenvalue weighted by atomic mass is 10.0. The van der Waals surface area contributed by atoms with E-state index < -0.39 is 0 Å². The summed E-state index contributed by atoms with van der Waals surface area (Å²) in [6.45, 7) is 9.64. The molecule has 0 unspecified atom stereocenters. The number of nitrogens with zero attached hydrogens (tertiary/aromatic N) is 1. The number of aryl methyl sites for hydroxylation is 1. The van der Waals surface area contributed by atoms with Gasteiger partial charge in [0.05, 0.1) is 5.71 Å². The first-order valence-electron chi connectivity index (χ1n) is 5.53. The number of rotatable bonds is 3. The molecule has 0 heterocycles. The van der Waals surface area contributed by atoms with Gasteiger partial charge in [-0.05, 0) is 38.5 Å². The molecular formula is C16H17N. The second kappa shape index (κ2) is 5.86. The molecular weight excluding hydrogens is 206 g/mol. The Morgan fingerprint density at radius 2 is 2.18 bits per heavy atom. The topological polar surface area (TPSA) is 12.4 Å². The summed E-state index contributed by atoms with van der Waals surface area (Å²) in [6.07, 6.45) is 9.38. The molecule has 0 bridgehead atoms. The Morgan fingerprint density at radius 1 is 1.47 bits per heavy atom. The van der Waals surface area contributed by atoms with Gasteiger partial charge in [0.2, 0.25) is 0 Å². The van der Waals surface area contributed by atoms with Crippen LogP contribution in [0.1, 0.15) is 30.5 Å². The third-order valence-corrected chi connectivity index (χ3v) is 2.32. The van der Waals surface area contributed by atoms with Crippen LogP contribution in [-0.4, -0.2) is 5.71 Å². The first-order valence-corrected chi connectivity index (χ1v) is 5.53. The van der Waals surface area contributed by atoms with Gasteiger partial charge in [0.25, 0.3) is 0 Å². The summed E-state index contributed by atoms with van der Waals surface area (Å²) < 4.78 is 0. The molecule has 0 atom stereocenters.